The third kappa shape index (κ3) is 2.61. The lowest BCUT2D eigenvalue weighted by Gasteiger charge is -2.32. The van der Waals surface area contributed by atoms with Crippen LogP contribution in [-0.2, 0) is 7.05 Å². The molecule has 1 amide bonds. The van der Waals surface area contributed by atoms with Gasteiger partial charge in [-0.15, -0.1) is 11.8 Å². The first-order chi connectivity index (χ1) is 10.1. The summed E-state index contributed by atoms with van der Waals surface area (Å²) in [5.41, 5.74) is 1.19. The SMILES string of the molecule is CC1CN(C(=O)c2ccn(C)c(=O)c2)c2ccccc2S1. The van der Waals surface area contributed by atoms with Crippen LogP contribution in [0.15, 0.2) is 52.3 Å². The third-order valence-corrected chi connectivity index (χ3v) is 4.67. The minimum atomic E-state index is -0.173. The number of carbonyl (C=O) groups is 1. The average molecular weight is 300 g/mol. The molecule has 0 saturated heterocycles. The lowest BCUT2D eigenvalue weighted by Crippen LogP contribution is -2.39. The number of para-hydroxylation sites is 1. The van der Waals surface area contributed by atoms with Gasteiger partial charge in [-0.25, -0.2) is 0 Å². The van der Waals surface area contributed by atoms with Gasteiger partial charge in [0.25, 0.3) is 11.5 Å². The number of pyridine rings is 1. The molecule has 1 aromatic heterocycles. The van der Waals surface area contributed by atoms with E-state index in [1.165, 1.54) is 10.6 Å². The quantitative estimate of drug-likeness (QED) is 0.813. The summed E-state index contributed by atoms with van der Waals surface area (Å²) in [6, 6.07) is 11.0. The first kappa shape index (κ1) is 13.9. The Morgan fingerprint density at radius 3 is 2.81 bits per heavy atom. The van der Waals surface area contributed by atoms with Gasteiger partial charge < -0.3 is 9.47 Å². The first-order valence-electron chi connectivity index (χ1n) is 6.80. The normalized spacial score (nSPS) is 17.4. The van der Waals surface area contributed by atoms with Gasteiger partial charge >= 0.3 is 0 Å². The van der Waals surface area contributed by atoms with Crippen molar-refractivity contribution in [3.8, 4) is 0 Å². The van der Waals surface area contributed by atoms with Crippen LogP contribution in [0.3, 0.4) is 0 Å². The number of carbonyl (C=O) groups excluding carboxylic acids is 1. The standard InChI is InChI=1S/C16H16N2O2S/c1-11-10-18(13-5-3-4-6-14(13)21-11)16(20)12-7-8-17(2)15(19)9-12/h3-9,11H,10H2,1-2H3. The zero-order chi connectivity index (χ0) is 15.0. The van der Waals surface area contributed by atoms with Crippen LogP contribution in [0.4, 0.5) is 5.69 Å². The number of amides is 1. The molecule has 0 spiro atoms. The molecule has 0 aliphatic carbocycles. The van der Waals surface area contributed by atoms with Crippen LogP contribution < -0.4 is 10.5 Å². The number of hydrogen-bond acceptors (Lipinski definition) is 3. The summed E-state index contributed by atoms with van der Waals surface area (Å²) in [4.78, 5) is 27.3. The molecule has 0 N–H and O–H groups in total. The van der Waals surface area contributed by atoms with Gasteiger partial charge in [0.15, 0.2) is 0 Å². The minimum Gasteiger partial charge on any atom is -0.319 e. The predicted octanol–water partition coefficient (Wildman–Crippen LogP) is 2.53. The van der Waals surface area contributed by atoms with E-state index in [0.717, 1.165) is 10.6 Å². The van der Waals surface area contributed by atoms with Crippen molar-refractivity contribution in [3.05, 3.63) is 58.5 Å². The molecule has 0 fully saturated rings. The first-order valence-corrected chi connectivity index (χ1v) is 7.68. The molecule has 1 unspecified atom stereocenters. The molecular formula is C16H16N2O2S. The number of thioether (sulfide) groups is 1. The van der Waals surface area contributed by atoms with E-state index in [1.807, 2.05) is 24.3 Å². The molecule has 1 aromatic carbocycles. The van der Waals surface area contributed by atoms with E-state index in [-0.39, 0.29) is 11.5 Å². The Balaban J connectivity index is 2.01. The van der Waals surface area contributed by atoms with Crippen molar-refractivity contribution >= 4 is 23.4 Å². The summed E-state index contributed by atoms with van der Waals surface area (Å²) in [5.74, 6) is -0.118. The number of benzene rings is 1. The molecule has 21 heavy (non-hydrogen) atoms. The van der Waals surface area contributed by atoms with E-state index in [9.17, 15) is 9.59 Å². The lowest BCUT2D eigenvalue weighted by atomic mass is 10.2. The van der Waals surface area contributed by atoms with Gasteiger partial charge in [-0.1, -0.05) is 19.1 Å². The second-order valence-corrected chi connectivity index (χ2v) is 6.66. The average Bonchev–Trinajstić information content (AvgIpc) is 2.48. The highest BCUT2D eigenvalue weighted by molar-refractivity contribution is 8.00. The van der Waals surface area contributed by atoms with Gasteiger partial charge in [0, 0.05) is 41.6 Å². The highest BCUT2D eigenvalue weighted by Crippen LogP contribution is 2.38. The lowest BCUT2D eigenvalue weighted by molar-refractivity contribution is 0.0986. The van der Waals surface area contributed by atoms with E-state index >= 15 is 0 Å². The molecule has 2 heterocycles. The van der Waals surface area contributed by atoms with Crippen molar-refractivity contribution in [1.29, 1.82) is 0 Å². The van der Waals surface area contributed by atoms with Crippen molar-refractivity contribution in [2.75, 3.05) is 11.4 Å². The van der Waals surface area contributed by atoms with Gasteiger partial charge in [0.2, 0.25) is 0 Å². The number of rotatable bonds is 1. The monoisotopic (exact) mass is 300 g/mol. The molecule has 1 aliphatic rings. The Morgan fingerprint density at radius 2 is 2.05 bits per heavy atom. The van der Waals surface area contributed by atoms with Crippen LogP contribution >= 0.6 is 11.8 Å². The maximum Gasteiger partial charge on any atom is 0.258 e. The van der Waals surface area contributed by atoms with Crippen LogP contribution in [0.2, 0.25) is 0 Å². The molecule has 0 saturated carbocycles. The zero-order valence-corrected chi connectivity index (χ0v) is 12.8. The van der Waals surface area contributed by atoms with Crippen molar-refractivity contribution in [3.63, 3.8) is 0 Å². The fraction of sp³-hybridized carbons (Fsp3) is 0.250. The molecule has 4 nitrogen and oxygen atoms in total. The molecule has 2 aromatic rings. The topological polar surface area (TPSA) is 42.3 Å². The summed E-state index contributed by atoms with van der Waals surface area (Å²) < 4.78 is 1.46. The fourth-order valence-corrected chi connectivity index (χ4v) is 3.53. The van der Waals surface area contributed by atoms with Crippen LogP contribution in [0.1, 0.15) is 17.3 Å². The Labute approximate surface area is 127 Å². The predicted molar refractivity (Wildman–Crippen MR) is 85.1 cm³/mol. The second kappa shape index (κ2) is 5.41. The number of fused-ring (bicyclic) bond motifs is 1. The van der Waals surface area contributed by atoms with E-state index in [4.69, 9.17) is 0 Å². The third-order valence-electron chi connectivity index (χ3n) is 3.52. The number of nitrogens with zero attached hydrogens (tertiary/aromatic N) is 2. The maximum atomic E-state index is 12.7. The zero-order valence-electron chi connectivity index (χ0n) is 11.9. The van der Waals surface area contributed by atoms with Crippen molar-refractivity contribution < 1.29 is 4.79 Å². The Kier molecular flexibility index (Phi) is 3.59. The van der Waals surface area contributed by atoms with Gasteiger partial charge in [0.1, 0.15) is 0 Å². The van der Waals surface area contributed by atoms with Crippen molar-refractivity contribution in [2.24, 2.45) is 7.05 Å². The van der Waals surface area contributed by atoms with E-state index < -0.39 is 0 Å². The fourth-order valence-electron chi connectivity index (χ4n) is 2.42. The number of anilines is 1. The molecule has 5 heteroatoms. The van der Waals surface area contributed by atoms with E-state index in [2.05, 4.69) is 6.92 Å². The molecule has 1 atom stereocenters. The van der Waals surface area contributed by atoms with Crippen LogP contribution in [0.5, 0.6) is 0 Å². The largest absolute Gasteiger partial charge is 0.319 e. The van der Waals surface area contributed by atoms with Crippen LogP contribution in [0.25, 0.3) is 0 Å². The maximum absolute atomic E-state index is 12.7. The summed E-state index contributed by atoms with van der Waals surface area (Å²) in [5, 5.41) is 0.329. The summed E-state index contributed by atoms with van der Waals surface area (Å²) >= 11 is 1.77. The molecule has 0 radical (unpaired) electrons. The Bertz CT molecular complexity index is 754. The molecular weight excluding hydrogens is 284 g/mol. The molecule has 0 bridgehead atoms. The molecule has 1 aliphatic heterocycles. The molecule has 108 valence electrons. The van der Waals surface area contributed by atoms with Gasteiger partial charge in [0.05, 0.1) is 5.69 Å². The number of hydrogen-bond donors (Lipinski definition) is 0. The van der Waals surface area contributed by atoms with Crippen LogP contribution in [0, 0.1) is 0 Å². The Hall–Kier alpha value is -2.01. The summed E-state index contributed by atoms with van der Waals surface area (Å²) in [7, 11) is 1.67. The van der Waals surface area contributed by atoms with Gasteiger partial charge in [-0.3, -0.25) is 9.59 Å². The number of aromatic nitrogens is 1. The van der Waals surface area contributed by atoms with E-state index in [0.29, 0.717) is 17.4 Å². The highest BCUT2D eigenvalue weighted by atomic mass is 32.2. The van der Waals surface area contributed by atoms with Gasteiger partial charge in [-0.2, -0.15) is 0 Å². The van der Waals surface area contributed by atoms with E-state index in [1.54, 1.807) is 36.0 Å². The van der Waals surface area contributed by atoms with Crippen molar-refractivity contribution in [1.82, 2.24) is 4.57 Å². The van der Waals surface area contributed by atoms with Crippen LogP contribution in [-0.4, -0.2) is 22.3 Å². The second-order valence-electron chi connectivity index (χ2n) is 5.18. The number of aryl methyl sites for hydroxylation is 1. The Morgan fingerprint density at radius 1 is 1.29 bits per heavy atom. The summed E-state index contributed by atoms with van der Waals surface area (Å²) in [6.45, 7) is 2.75. The molecule has 3 rings (SSSR count). The van der Waals surface area contributed by atoms with Gasteiger partial charge in [-0.05, 0) is 18.2 Å². The van der Waals surface area contributed by atoms with Crippen molar-refractivity contribution in [2.45, 2.75) is 17.1 Å². The minimum absolute atomic E-state index is 0.118. The summed E-state index contributed by atoms with van der Waals surface area (Å²) in [6.07, 6.45) is 1.63. The smallest absolute Gasteiger partial charge is 0.258 e. The highest BCUT2D eigenvalue weighted by Gasteiger charge is 2.27.